The molecule has 0 radical (unpaired) electrons. The van der Waals surface area contributed by atoms with Crippen LogP contribution in [0.1, 0.15) is 60.6 Å². The van der Waals surface area contributed by atoms with Crippen LogP contribution in [0.15, 0.2) is 136 Å². The van der Waals surface area contributed by atoms with Gasteiger partial charge in [-0.2, -0.15) is 13.2 Å². The Kier molecular flexibility index (Phi) is 16.1. The summed E-state index contributed by atoms with van der Waals surface area (Å²) in [5.74, 6) is -0.739. The van der Waals surface area contributed by atoms with Gasteiger partial charge in [0.05, 0.1) is 23.3 Å². The van der Waals surface area contributed by atoms with Gasteiger partial charge in [0.2, 0.25) is 0 Å². The van der Waals surface area contributed by atoms with Gasteiger partial charge in [-0.05, 0) is 134 Å². The summed E-state index contributed by atoms with van der Waals surface area (Å²) in [5.41, 5.74) is -2.77. The minimum absolute atomic E-state index is 0.0140. The van der Waals surface area contributed by atoms with E-state index in [4.69, 9.17) is 11.6 Å². The van der Waals surface area contributed by atoms with Crippen molar-refractivity contribution in [1.82, 2.24) is 9.62 Å². The van der Waals surface area contributed by atoms with Gasteiger partial charge >= 0.3 is 5.51 Å². The molecule has 0 unspecified atom stereocenters. The average Bonchev–Trinajstić information content (AvgIpc) is 3.76. The minimum Gasteiger partial charge on any atom is -0.395 e. The number of β-amino-alcohol motifs (C(OH)–C–C–N with tert-alkyl or cyclic N) is 1. The lowest BCUT2D eigenvalue weighted by molar-refractivity contribution is -0.0435. The highest BCUT2D eigenvalue weighted by atomic mass is 35.5. The highest BCUT2D eigenvalue weighted by molar-refractivity contribution is 7.99. The number of aliphatic hydroxyl groups excluding tert-OH is 2. The molecule has 2 heterocycles. The SMILES string of the molecule is O=C(NS(=O)(=O)c1ccc(N[C@H](CC[C@@H]2CCCN2CCO)CSc2ccccc2)c(S(=O)(=O)C(F)(F)F)c1)c1ccc(N2CCC([C@@H](O)c3ccccc3-c3ccc(Cl)cc3)CC2)cc1. The molecule has 1 amide bonds. The summed E-state index contributed by atoms with van der Waals surface area (Å²) in [6.45, 7) is 2.50. The molecule has 7 rings (SSSR count). The second-order valence-electron chi connectivity index (χ2n) is 16.6. The Morgan fingerprint density at radius 2 is 1.53 bits per heavy atom. The summed E-state index contributed by atoms with van der Waals surface area (Å²) in [6, 6.07) is 32.6. The fraction of sp³-hybridized carbons (Fsp3) is 0.354. The number of nitrogens with zero attached hydrogens (tertiary/aromatic N) is 2. The molecular formula is C48H52ClF3N4O7S3. The first-order chi connectivity index (χ1) is 31.5. The van der Waals surface area contributed by atoms with Crippen LogP contribution in [0.5, 0.6) is 0 Å². The van der Waals surface area contributed by atoms with Gasteiger partial charge < -0.3 is 20.4 Å². The molecule has 5 aromatic carbocycles. The van der Waals surface area contributed by atoms with Crippen LogP contribution in [-0.2, 0) is 19.9 Å². The molecule has 0 spiro atoms. The second kappa shape index (κ2) is 21.6. The van der Waals surface area contributed by atoms with E-state index in [0.717, 1.165) is 58.8 Å². The number of anilines is 2. The second-order valence-corrected chi connectivity index (χ2v) is 21.7. The monoisotopic (exact) mass is 984 g/mol. The van der Waals surface area contributed by atoms with Crippen LogP contribution in [0.3, 0.4) is 0 Å². The molecule has 18 heteroatoms. The zero-order chi connectivity index (χ0) is 47.1. The number of nitrogens with one attached hydrogen (secondary N) is 2. The quantitative estimate of drug-likeness (QED) is 0.0621. The van der Waals surface area contributed by atoms with Crippen LogP contribution in [0.2, 0.25) is 5.02 Å². The molecule has 11 nitrogen and oxygen atoms in total. The van der Waals surface area contributed by atoms with Crippen molar-refractivity contribution < 1.29 is 45.0 Å². The molecular weight excluding hydrogens is 933 g/mol. The largest absolute Gasteiger partial charge is 0.501 e. The molecule has 4 N–H and O–H groups in total. The molecule has 3 atom stereocenters. The van der Waals surface area contributed by atoms with Gasteiger partial charge in [-0.25, -0.2) is 21.6 Å². The van der Waals surface area contributed by atoms with Crippen molar-refractivity contribution in [3.63, 3.8) is 0 Å². The fourth-order valence-corrected chi connectivity index (χ4v) is 11.9. The molecule has 0 aliphatic carbocycles. The van der Waals surface area contributed by atoms with Crippen molar-refractivity contribution in [2.75, 3.05) is 48.8 Å². The van der Waals surface area contributed by atoms with E-state index in [-0.39, 0.29) is 24.1 Å². The Labute approximate surface area is 393 Å². The van der Waals surface area contributed by atoms with Crippen molar-refractivity contribution in [3.8, 4) is 11.1 Å². The average molecular weight is 986 g/mol. The van der Waals surface area contributed by atoms with E-state index in [1.54, 1.807) is 12.1 Å². The zero-order valence-corrected chi connectivity index (χ0v) is 39.1. The van der Waals surface area contributed by atoms with Crippen LogP contribution in [0.4, 0.5) is 24.5 Å². The number of halogens is 4. The van der Waals surface area contributed by atoms with Crippen molar-refractivity contribution in [2.24, 2.45) is 5.92 Å². The van der Waals surface area contributed by atoms with Gasteiger partial charge in [0.25, 0.3) is 25.8 Å². The number of rotatable bonds is 18. The van der Waals surface area contributed by atoms with Gasteiger partial charge in [0.1, 0.15) is 4.90 Å². The number of sulfone groups is 1. The first kappa shape index (κ1) is 49.3. The summed E-state index contributed by atoms with van der Waals surface area (Å²) in [5, 5.41) is 24.7. The Morgan fingerprint density at radius 1 is 0.848 bits per heavy atom. The lowest BCUT2D eigenvalue weighted by Crippen LogP contribution is -2.36. The van der Waals surface area contributed by atoms with Gasteiger partial charge in [-0.15, -0.1) is 11.8 Å². The summed E-state index contributed by atoms with van der Waals surface area (Å²) >= 11 is 7.54. The number of amides is 1. The number of hydrogen-bond acceptors (Lipinski definition) is 11. The molecule has 0 saturated carbocycles. The Hall–Kier alpha value is -4.62. The van der Waals surface area contributed by atoms with E-state index >= 15 is 0 Å². The number of alkyl halides is 3. The summed E-state index contributed by atoms with van der Waals surface area (Å²) < 4.78 is 98.0. The number of carbonyl (C=O) groups is 1. The van der Waals surface area contributed by atoms with Crippen LogP contribution >= 0.6 is 23.4 Å². The number of carbonyl (C=O) groups excluding carboxylic acids is 1. The molecule has 5 aromatic rings. The topological polar surface area (TPSA) is 156 Å². The minimum atomic E-state index is -6.09. The number of sulfonamides is 1. The fourth-order valence-electron chi connectivity index (χ4n) is 8.74. The van der Waals surface area contributed by atoms with Gasteiger partial charge in [-0.1, -0.05) is 66.2 Å². The zero-order valence-electron chi connectivity index (χ0n) is 35.9. The number of aliphatic hydroxyl groups is 2. The highest BCUT2D eigenvalue weighted by Crippen LogP contribution is 2.39. The first-order valence-corrected chi connectivity index (χ1v) is 26.1. The number of thioether (sulfide) groups is 1. The maximum absolute atomic E-state index is 14.2. The van der Waals surface area contributed by atoms with E-state index in [1.165, 1.54) is 23.9 Å². The van der Waals surface area contributed by atoms with Crippen LogP contribution < -0.4 is 14.9 Å². The third-order valence-electron chi connectivity index (χ3n) is 12.3. The normalized spacial score (nSPS) is 17.4. The molecule has 352 valence electrons. The molecule has 2 aliphatic heterocycles. The number of piperidine rings is 1. The van der Waals surface area contributed by atoms with E-state index in [1.807, 2.05) is 83.6 Å². The maximum atomic E-state index is 14.2. The molecule has 2 saturated heterocycles. The molecule has 0 aromatic heterocycles. The number of hydrogen-bond donors (Lipinski definition) is 4. The predicted molar refractivity (Wildman–Crippen MR) is 253 cm³/mol. The lowest BCUT2D eigenvalue weighted by atomic mass is 9.84. The summed E-state index contributed by atoms with van der Waals surface area (Å²) in [4.78, 5) is 16.4. The van der Waals surface area contributed by atoms with Crippen LogP contribution in [0.25, 0.3) is 11.1 Å². The van der Waals surface area contributed by atoms with Gasteiger partial charge in [-0.3, -0.25) is 9.69 Å². The molecule has 66 heavy (non-hydrogen) atoms. The molecule has 2 fully saturated rings. The van der Waals surface area contributed by atoms with Gasteiger partial charge in [0, 0.05) is 58.6 Å². The van der Waals surface area contributed by atoms with Crippen LogP contribution in [-0.4, -0.2) is 94.0 Å². The number of benzene rings is 5. The summed E-state index contributed by atoms with van der Waals surface area (Å²) in [7, 11) is -11.0. The molecule has 0 bridgehead atoms. The lowest BCUT2D eigenvalue weighted by Gasteiger charge is -2.36. The highest BCUT2D eigenvalue weighted by Gasteiger charge is 2.48. The standard InChI is InChI=1S/C48H52ClF3N4O7S3/c49-36-16-12-33(13-17-36)42-10-4-5-11-43(42)46(58)34-24-27-56(28-25-34)39-19-14-35(15-20-39)47(59)54-66(62,63)41-22-23-44(45(31-41)65(60,61)48(50,51)52)53-37(32-64-40-8-2-1-3-9-40)18-21-38-7-6-26-55(38)29-30-57/h1-5,8-17,19-20,22-23,31,34,37-38,46,53,57-58H,6-7,18,21,24-30,32H2,(H,54,59)/t37-,38+,46-/m1/s1. The van der Waals surface area contributed by atoms with Gasteiger partial charge in [0.15, 0.2) is 0 Å². The maximum Gasteiger partial charge on any atom is 0.501 e. The predicted octanol–water partition coefficient (Wildman–Crippen LogP) is 9.18. The van der Waals surface area contributed by atoms with Crippen LogP contribution in [0, 0.1) is 5.92 Å². The third-order valence-corrected chi connectivity index (χ3v) is 16.6. The van der Waals surface area contributed by atoms with Crippen molar-refractivity contribution in [3.05, 3.63) is 137 Å². The van der Waals surface area contributed by atoms with E-state index in [0.29, 0.717) is 62.2 Å². The summed E-state index contributed by atoms with van der Waals surface area (Å²) in [6.07, 6.45) is 3.52. The van der Waals surface area contributed by atoms with E-state index < -0.39 is 58.9 Å². The Balaban J connectivity index is 1.03. The van der Waals surface area contributed by atoms with E-state index in [2.05, 4.69) is 15.1 Å². The van der Waals surface area contributed by atoms with E-state index in [9.17, 15) is 45.0 Å². The first-order valence-electron chi connectivity index (χ1n) is 21.7. The number of likely N-dealkylation sites (tertiary alicyclic amines) is 1. The third kappa shape index (κ3) is 11.9. The Bertz CT molecular complexity index is 2660. The Morgan fingerprint density at radius 3 is 2.21 bits per heavy atom. The van der Waals surface area contributed by atoms with Crippen molar-refractivity contribution >= 4 is 60.5 Å². The smallest absolute Gasteiger partial charge is 0.395 e. The van der Waals surface area contributed by atoms with Crippen molar-refractivity contribution in [2.45, 2.75) is 76.9 Å². The molecule has 2 aliphatic rings. The van der Waals surface area contributed by atoms with Crippen molar-refractivity contribution in [1.29, 1.82) is 0 Å².